The first-order valence-corrected chi connectivity index (χ1v) is 5.18. The van der Waals surface area contributed by atoms with Crippen LogP contribution in [0.1, 0.15) is 0 Å². The zero-order chi connectivity index (χ0) is 11.7. The molecule has 0 bridgehead atoms. The van der Waals surface area contributed by atoms with Gasteiger partial charge in [-0.3, -0.25) is 0 Å². The van der Waals surface area contributed by atoms with E-state index in [1.165, 1.54) is 6.07 Å². The standard InChI is InChI=1S/C13H9FN2O/c14-10-4-1-3-9(11-5-2-8-17-11)12(10)13-15-6-7-16-13/h1-8H,(H,15,16). The second kappa shape index (κ2) is 3.90. The molecule has 0 unspecified atom stereocenters. The van der Waals surface area contributed by atoms with Gasteiger partial charge in [0, 0.05) is 18.0 Å². The fourth-order valence-electron chi connectivity index (χ4n) is 1.80. The Labute approximate surface area is 96.9 Å². The highest BCUT2D eigenvalue weighted by atomic mass is 19.1. The lowest BCUT2D eigenvalue weighted by atomic mass is 10.0. The average Bonchev–Trinajstić information content (AvgIpc) is 3.02. The number of halogens is 1. The zero-order valence-corrected chi connectivity index (χ0v) is 8.85. The van der Waals surface area contributed by atoms with Gasteiger partial charge < -0.3 is 9.40 Å². The normalized spacial score (nSPS) is 10.6. The smallest absolute Gasteiger partial charge is 0.140 e. The number of nitrogens with zero attached hydrogens (tertiary/aromatic N) is 1. The predicted octanol–water partition coefficient (Wildman–Crippen LogP) is 3.48. The molecular weight excluding hydrogens is 219 g/mol. The van der Waals surface area contributed by atoms with E-state index in [0.29, 0.717) is 22.7 Å². The van der Waals surface area contributed by atoms with Crippen LogP contribution >= 0.6 is 0 Å². The van der Waals surface area contributed by atoms with E-state index in [9.17, 15) is 4.39 Å². The summed E-state index contributed by atoms with van der Waals surface area (Å²) in [4.78, 5) is 6.98. The topological polar surface area (TPSA) is 41.8 Å². The molecular formula is C13H9FN2O. The number of nitrogens with one attached hydrogen (secondary N) is 1. The molecule has 2 heterocycles. The molecule has 0 atom stereocenters. The lowest BCUT2D eigenvalue weighted by molar-refractivity contribution is 0.580. The van der Waals surface area contributed by atoms with Gasteiger partial charge in [-0.1, -0.05) is 12.1 Å². The van der Waals surface area contributed by atoms with Crippen LogP contribution in [0.3, 0.4) is 0 Å². The van der Waals surface area contributed by atoms with E-state index in [-0.39, 0.29) is 5.82 Å². The van der Waals surface area contributed by atoms with Crippen molar-refractivity contribution in [2.75, 3.05) is 0 Å². The second-order valence-electron chi connectivity index (χ2n) is 3.58. The predicted molar refractivity (Wildman–Crippen MR) is 61.7 cm³/mol. The van der Waals surface area contributed by atoms with Crippen LogP contribution in [0.4, 0.5) is 4.39 Å². The number of hydrogen-bond acceptors (Lipinski definition) is 2. The van der Waals surface area contributed by atoms with Gasteiger partial charge in [0.25, 0.3) is 0 Å². The molecule has 0 amide bonds. The number of aromatic amines is 1. The molecule has 1 aromatic carbocycles. The highest BCUT2D eigenvalue weighted by Gasteiger charge is 2.15. The van der Waals surface area contributed by atoms with Crippen LogP contribution in [0.15, 0.2) is 53.4 Å². The number of furan rings is 1. The summed E-state index contributed by atoms with van der Waals surface area (Å²) in [5.74, 6) is 0.791. The minimum absolute atomic E-state index is 0.325. The molecule has 84 valence electrons. The number of rotatable bonds is 2. The maximum atomic E-state index is 13.9. The van der Waals surface area contributed by atoms with Gasteiger partial charge in [0.1, 0.15) is 17.4 Å². The van der Waals surface area contributed by atoms with E-state index >= 15 is 0 Å². The Kier molecular flexibility index (Phi) is 2.26. The van der Waals surface area contributed by atoms with E-state index in [4.69, 9.17) is 4.42 Å². The summed E-state index contributed by atoms with van der Waals surface area (Å²) in [6, 6.07) is 8.43. The van der Waals surface area contributed by atoms with Crippen LogP contribution in [0.5, 0.6) is 0 Å². The molecule has 0 radical (unpaired) electrons. The van der Waals surface area contributed by atoms with E-state index in [2.05, 4.69) is 9.97 Å². The van der Waals surface area contributed by atoms with Gasteiger partial charge in [0.05, 0.1) is 11.8 Å². The number of benzene rings is 1. The minimum Gasteiger partial charge on any atom is -0.464 e. The molecule has 0 fully saturated rings. The molecule has 0 aliphatic rings. The van der Waals surface area contributed by atoms with Gasteiger partial charge in [-0.25, -0.2) is 9.37 Å². The third-order valence-electron chi connectivity index (χ3n) is 2.54. The van der Waals surface area contributed by atoms with E-state index in [0.717, 1.165) is 0 Å². The minimum atomic E-state index is -0.325. The summed E-state index contributed by atoms with van der Waals surface area (Å²) < 4.78 is 19.2. The molecule has 2 aromatic heterocycles. The van der Waals surface area contributed by atoms with Crippen LogP contribution in [-0.2, 0) is 0 Å². The molecule has 3 aromatic rings. The first-order valence-electron chi connectivity index (χ1n) is 5.18. The van der Waals surface area contributed by atoms with Crippen LogP contribution in [0, 0.1) is 5.82 Å². The lowest BCUT2D eigenvalue weighted by Gasteiger charge is -2.05. The molecule has 0 saturated heterocycles. The highest BCUT2D eigenvalue weighted by molar-refractivity contribution is 5.78. The zero-order valence-electron chi connectivity index (χ0n) is 8.85. The van der Waals surface area contributed by atoms with E-state index in [1.807, 2.05) is 0 Å². The van der Waals surface area contributed by atoms with Crippen molar-refractivity contribution in [1.82, 2.24) is 9.97 Å². The van der Waals surface area contributed by atoms with Gasteiger partial charge in [-0.2, -0.15) is 0 Å². The lowest BCUT2D eigenvalue weighted by Crippen LogP contribution is -1.90. The van der Waals surface area contributed by atoms with Crippen molar-refractivity contribution < 1.29 is 8.81 Å². The Morgan fingerprint density at radius 2 is 2.12 bits per heavy atom. The SMILES string of the molecule is Fc1cccc(-c2ccco2)c1-c1ncc[nH]1. The van der Waals surface area contributed by atoms with Gasteiger partial charge in [0.2, 0.25) is 0 Å². The van der Waals surface area contributed by atoms with Crippen LogP contribution in [0.25, 0.3) is 22.7 Å². The Morgan fingerprint density at radius 1 is 1.18 bits per heavy atom. The largest absolute Gasteiger partial charge is 0.464 e. The van der Waals surface area contributed by atoms with Crippen molar-refractivity contribution >= 4 is 0 Å². The molecule has 0 saturated carbocycles. The molecule has 0 aliphatic heterocycles. The second-order valence-corrected chi connectivity index (χ2v) is 3.58. The van der Waals surface area contributed by atoms with Crippen molar-refractivity contribution in [3.8, 4) is 22.7 Å². The van der Waals surface area contributed by atoms with Crippen molar-refractivity contribution in [3.05, 3.63) is 54.8 Å². The number of hydrogen-bond donors (Lipinski definition) is 1. The van der Waals surface area contributed by atoms with Gasteiger partial charge in [-0.05, 0) is 18.2 Å². The highest BCUT2D eigenvalue weighted by Crippen LogP contribution is 2.32. The summed E-state index contributed by atoms with van der Waals surface area (Å²) >= 11 is 0. The van der Waals surface area contributed by atoms with Crippen molar-refractivity contribution in [2.45, 2.75) is 0 Å². The Bertz CT molecular complexity index is 615. The van der Waals surface area contributed by atoms with Crippen molar-refractivity contribution in [2.24, 2.45) is 0 Å². The number of aromatic nitrogens is 2. The fraction of sp³-hybridized carbons (Fsp3) is 0. The molecule has 3 rings (SSSR count). The first kappa shape index (κ1) is 9.84. The summed E-state index contributed by atoms with van der Waals surface area (Å²) in [6.07, 6.45) is 4.81. The van der Waals surface area contributed by atoms with Gasteiger partial charge in [-0.15, -0.1) is 0 Å². The number of H-pyrrole nitrogens is 1. The van der Waals surface area contributed by atoms with Crippen molar-refractivity contribution in [3.63, 3.8) is 0 Å². The molecule has 1 N–H and O–H groups in total. The quantitative estimate of drug-likeness (QED) is 0.729. The van der Waals surface area contributed by atoms with E-state index in [1.54, 1.807) is 42.9 Å². The average molecular weight is 228 g/mol. The van der Waals surface area contributed by atoms with Crippen LogP contribution in [-0.4, -0.2) is 9.97 Å². The molecule has 0 aliphatic carbocycles. The third kappa shape index (κ3) is 1.63. The summed E-state index contributed by atoms with van der Waals surface area (Å²) in [5, 5.41) is 0. The summed E-state index contributed by atoms with van der Waals surface area (Å²) in [5.41, 5.74) is 1.11. The molecule has 4 heteroatoms. The van der Waals surface area contributed by atoms with Crippen LogP contribution < -0.4 is 0 Å². The Morgan fingerprint density at radius 3 is 2.82 bits per heavy atom. The summed E-state index contributed by atoms with van der Waals surface area (Å²) in [7, 11) is 0. The van der Waals surface area contributed by atoms with E-state index < -0.39 is 0 Å². The van der Waals surface area contributed by atoms with Gasteiger partial charge in [0.15, 0.2) is 0 Å². The Hall–Kier alpha value is -2.36. The maximum absolute atomic E-state index is 13.9. The molecule has 0 spiro atoms. The first-order chi connectivity index (χ1) is 8.36. The third-order valence-corrected chi connectivity index (χ3v) is 2.54. The van der Waals surface area contributed by atoms with Crippen molar-refractivity contribution in [1.29, 1.82) is 0 Å². The Balaban J connectivity index is 2.26. The molecule has 3 nitrogen and oxygen atoms in total. The maximum Gasteiger partial charge on any atom is 0.140 e. The van der Waals surface area contributed by atoms with Gasteiger partial charge >= 0.3 is 0 Å². The van der Waals surface area contributed by atoms with Crippen LogP contribution in [0.2, 0.25) is 0 Å². The fourth-order valence-corrected chi connectivity index (χ4v) is 1.80. The summed E-state index contributed by atoms with van der Waals surface area (Å²) in [6.45, 7) is 0. The monoisotopic (exact) mass is 228 g/mol. The number of imidazole rings is 1. The molecule has 17 heavy (non-hydrogen) atoms.